The average Bonchev–Trinajstić information content (AvgIpc) is 2.19. The van der Waals surface area contributed by atoms with Crippen LogP contribution in [-0.2, 0) is 22.2 Å². The van der Waals surface area contributed by atoms with Gasteiger partial charge in [0.1, 0.15) is 0 Å². The lowest BCUT2D eigenvalue weighted by Gasteiger charge is -2.00. The van der Waals surface area contributed by atoms with Crippen LogP contribution in [0.1, 0.15) is 0 Å². The molecule has 0 amide bonds. The van der Waals surface area contributed by atoms with Gasteiger partial charge in [-0.25, -0.2) is 8.42 Å². The second kappa shape index (κ2) is 4.49. The van der Waals surface area contributed by atoms with Gasteiger partial charge in [0.05, 0.1) is 4.90 Å². The van der Waals surface area contributed by atoms with Crippen molar-refractivity contribution in [2.45, 2.75) is 4.90 Å². The Bertz CT molecular complexity index is 521. The monoisotopic (exact) mass is 270 g/mol. The van der Waals surface area contributed by atoms with Crippen LogP contribution in [0.25, 0.3) is 0 Å². The minimum Gasteiger partial charge on any atom is -0.202 e. The Morgan fingerprint density at radius 1 is 1.07 bits per heavy atom. The third kappa shape index (κ3) is 2.49. The molecule has 0 heterocycles. The minimum absolute atomic E-state index is 0.165. The highest BCUT2D eigenvalue weighted by Gasteiger charge is 2.36. The summed E-state index contributed by atoms with van der Waals surface area (Å²) in [7, 11) is -8.97. The molecular weight excluding hydrogens is 262 g/mol. The van der Waals surface area contributed by atoms with Gasteiger partial charge in [-0.1, -0.05) is 23.1 Å². The molecule has 6 nitrogen and oxygen atoms in total. The Morgan fingerprint density at radius 2 is 1.60 bits per heavy atom. The fraction of sp³-hybridized carbons (Fsp3) is 0. The lowest BCUT2D eigenvalue weighted by molar-refractivity contribution is -0.728. The molecule has 0 fully saturated rings. The first-order valence-corrected chi connectivity index (χ1v) is 7.51. The molecule has 0 spiro atoms. The van der Waals surface area contributed by atoms with E-state index in [1.54, 1.807) is 6.07 Å². The molecule has 0 saturated heterocycles. The highest BCUT2D eigenvalue weighted by Crippen LogP contribution is 2.12. The Kier molecular flexibility index (Phi) is 3.73. The van der Waals surface area contributed by atoms with E-state index in [9.17, 15) is 16.8 Å². The molecule has 0 bridgehead atoms. The van der Waals surface area contributed by atoms with E-state index in [4.69, 9.17) is 0 Å². The highest BCUT2D eigenvalue weighted by atomic mass is 33.2. The van der Waals surface area contributed by atoms with Crippen LogP contribution in [0.5, 0.6) is 0 Å². The first-order chi connectivity index (χ1) is 6.92. The summed E-state index contributed by atoms with van der Waals surface area (Å²) in [6.07, 6.45) is 0. The van der Waals surface area contributed by atoms with Crippen LogP contribution in [0.2, 0.25) is 0 Å². The summed E-state index contributed by atoms with van der Waals surface area (Å²) < 4.78 is 49.4. The molecule has 0 aliphatic rings. The quantitative estimate of drug-likeness (QED) is 0.318. The van der Waals surface area contributed by atoms with Crippen LogP contribution >= 0.6 is 12.9 Å². The highest BCUT2D eigenvalue weighted by molar-refractivity contribution is 8.64. The topological polar surface area (TPSA) is 94.1 Å². The van der Waals surface area contributed by atoms with E-state index in [2.05, 4.69) is 17.2 Å². The third-order valence-corrected chi connectivity index (χ3v) is 6.19. The molecule has 0 aliphatic carbocycles. The summed E-state index contributed by atoms with van der Waals surface area (Å²) in [5.74, 6) is 0. The van der Waals surface area contributed by atoms with Gasteiger partial charge in [0, 0.05) is 12.9 Å². The average molecular weight is 270 g/mol. The fourth-order valence-corrected chi connectivity index (χ4v) is 3.87. The Hall–Kier alpha value is -0.610. The van der Waals surface area contributed by atoms with Crippen molar-refractivity contribution in [2.75, 3.05) is 0 Å². The smallest absolute Gasteiger partial charge is 0.202 e. The molecule has 2 N–H and O–H groups in total. The largest absolute Gasteiger partial charge is 0.437 e. The van der Waals surface area contributed by atoms with Gasteiger partial charge in [-0.2, -0.15) is 8.42 Å². The van der Waals surface area contributed by atoms with Crippen molar-refractivity contribution in [3.05, 3.63) is 30.3 Å². The van der Waals surface area contributed by atoms with Crippen LogP contribution in [0.4, 0.5) is 0 Å². The van der Waals surface area contributed by atoms with E-state index < -0.39 is 17.9 Å². The van der Waals surface area contributed by atoms with Gasteiger partial charge in [0.25, 0.3) is 0 Å². The van der Waals surface area contributed by atoms with Crippen molar-refractivity contribution in [1.29, 1.82) is 0 Å². The standard InChI is InChI=1S/C6H7NO5S3/c8-14(9,15(10,11)7-12-13)6-4-2-1-3-5-6/h1-5,7,13H/p+1. The van der Waals surface area contributed by atoms with Gasteiger partial charge in [-0.05, 0) is 12.1 Å². The molecular formula is C6H8NO5S3+. The molecule has 0 aromatic heterocycles. The van der Waals surface area contributed by atoms with Gasteiger partial charge in [-0.15, -0.1) is 4.28 Å². The van der Waals surface area contributed by atoms with E-state index in [0.29, 0.717) is 0 Å². The SMILES string of the molecule is O=S(=O)([NH2+]OS)S(=O)(=O)c1ccccc1. The molecule has 9 heteroatoms. The summed E-state index contributed by atoms with van der Waals surface area (Å²) >= 11 is 3.16. The fourth-order valence-electron chi connectivity index (χ4n) is 0.826. The number of hydrogen-bond donors (Lipinski definition) is 2. The predicted octanol–water partition coefficient (Wildman–Crippen LogP) is -0.955. The lowest BCUT2D eigenvalue weighted by Crippen LogP contribution is -2.86. The maximum absolute atomic E-state index is 11.5. The number of thiol groups is 1. The molecule has 0 saturated carbocycles. The van der Waals surface area contributed by atoms with E-state index in [1.165, 1.54) is 24.3 Å². The summed E-state index contributed by atoms with van der Waals surface area (Å²) in [5, 5.41) is 0. The van der Waals surface area contributed by atoms with E-state index in [-0.39, 0.29) is 9.78 Å². The molecule has 0 unspecified atom stereocenters. The zero-order valence-electron chi connectivity index (χ0n) is 7.27. The van der Waals surface area contributed by atoms with Crippen LogP contribution in [0, 0.1) is 0 Å². The Morgan fingerprint density at radius 3 is 2.07 bits per heavy atom. The minimum atomic E-state index is -4.51. The van der Waals surface area contributed by atoms with E-state index >= 15 is 0 Å². The van der Waals surface area contributed by atoms with Gasteiger partial charge in [0.2, 0.25) is 0 Å². The maximum atomic E-state index is 11.5. The number of quaternary nitrogens is 1. The van der Waals surface area contributed by atoms with Gasteiger partial charge in [0.15, 0.2) is 0 Å². The molecule has 1 rings (SSSR count). The number of nitrogens with two attached hydrogens (primary N) is 1. The van der Waals surface area contributed by atoms with Crippen molar-refractivity contribution in [1.82, 2.24) is 0 Å². The van der Waals surface area contributed by atoms with Crippen molar-refractivity contribution < 1.29 is 26.0 Å². The second-order valence-corrected chi connectivity index (χ2v) is 7.94. The van der Waals surface area contributed by atoms with E-state index in [0.717, 1.165) is 0 Å². The second-order valence-electron chi connectivity index (χ2n) is 2.46. The predicted molar refractivity (Wildman–Crippen MR) is 54.5 cm³/mol. The lowest BCUT2D eigenvalue weighted by atomic mass is 10.4. The van der Waals surface area contributed by atoms with Gasteiger partial charge in [-0.3, -0.25) is 0 Å². The zero-order valence-corrected chi connectivity index (χ0v) is 9.80. The number of rotatable bonds is 4. The number of benzene rings is 1. The first-order valence-electron chi connectivity index (χ1n) is 3.60. The van der Waals surface area contributed by atoms with Crippen LogP contribution in [0.3, 0.4) is 0 Å². The molecule has 0 atom stereocenters. The summed E-state index contributed by atoms with van der Waals surface area (Å²) in [6, 6.07) is 6.77. The molecule has 84 valence electrons. The van der Waals surface area contributed by atoms with E-state index in [1.807, 2.05) is 0 Å². The molecule has 1 aromatic carbocycles. The van der Waals surface area contributed by atoms with Crippen LogP contribution in [0.15, 0.2) is 35.2 Å². The van der Waals surface area contributed by atoms with Gasteiger partial charge >= 0.3 is 17.9 Å². The van der Waals surface area contributed by atoms with Crippen molar-refractivity contribution in [3.63, 3.8) is 0 Å². The number of hydrogen-bond acceptors (Lipinski definition) is 6. The Balaban J connectivity index is 3.27. The van der Waals surface area contributed by atoms with Crippen LogP contribution in [-0.4, -0.2) is 16.8 Å². The maximum Gasteiger partial charge on any atom is 0.437 e. The normalized spacial score (nSPS) is 12.6. The molecule has 15 heavy (non-hydrogen) atoms. The molecule has 0 aliphatic heterocycles. The third-order valence-electron chi connectivity index (χ3n) is 1.50. The summed E-state index contributed by atoms with van der Waals surface area (Å²) in [4.78, 5) is -0.148. The zero-order chi connectivity index (χ0) is 11.5. The van der Waals surface area contributed by atoms with Gasteiger partial charge < -0.3 is 0 Å². The molecule has 0 radical (unpaired) electrons. The van der Waals surface area contributed by atoms with Crippen LogP contribution < -0.4 is 4.89 Å². The van der Waals surface area contributed by atoms with Crippen molar-refractivity contribution >= 4 is 30.8 Å². The van der Waals surface area contributed by atoms with Crippen molar-refractivity contribution in [3.8, 4) is 0 Å². The summed E-state index contributed by atoms with van der Waals surface area (Å²) in [6.45, 7) is 0. The molecule has 1 aromatic rings. The Labute approximate surface area is 92.2 Å². The van der Waals surface area contributed by atoms with Crippen molar-refractivity contribution in [2.24, 2.45) is 0 Å². The summed E-state index contributed by atoms with van der Waals surface area (Å²) in [5.41, 5.74) is 0. The first kappa shape index (κ1) is 12.5.